The number of nitrogens with zero attached hydrogens (tertiary/aromatic N) is 2. The van der Waals surface area contributed by atoms with Gasteiger partial charge in [-0.15, -0.1) is 0 Å². The van der Waals surface area contributed by atoms with Crippen LogP contribution >= 0.6 is 11.3 Å². The van der Waals surface area contributed by atoms with Crippen molar-refractivity contribution in [2.45, 2.75) is 12.8 Å². The number of aromatic nitrogens is 1. The van der Waals surface area contributed by atoms with Gasteiger partial charge in [0.25, 0.3) is 0 Å². The average Bonchev–Trinajstić information content (AvgIpc) is 2.92. The Hall–Kier alpha value is -2.98. The highest BCUT2D eigenvalue weighted by Gasteiger charge is 2.27. The smallest absolute Gasteiger partial charge is 0.205 e. The fourth-order valence-electron chi connectivity index (χ4n) is 2.56. The first-order valence-corrected chi connectivity index (χ1v) is 8.01. The van der Waals surface area contributed by atoms with E-state index < -0.39 is 0 Å². The monoisotopic (exact) mass is 340 g/mol. The van der Waals surface area contributed by atoms with Crippen LogP contribution in [0.25, 0.3) is 5.76 Å². The van der Waals surface area contributed by atoms with Crippen LogP contribution in [-0.4, -0.2) is 12.1 Å². The molecule has 24 heavy (non-hydrogen) atoms. The first-order valence-electron chi connectivity index (χ1n) is 7.20. The second-order valence-corrected chi connectivity index (χ2v) is 6.27. The summed E-state index contributed by atoms with van der Waals surface area (Å²) in [6.07, 6.45) is 1.87. The Morgan fingerprint density at radius 3 is 2.54 bits per heavy atom. The van der Waals surface area contributed by atoms with E-state index in [1.54, 1.807) is 7.11 Å². The Bertz CT molecular complexity index is 875. The van der Waals surface area contributed by atoms with Gasteiger partial charge < -0.3 is 20.9 Å². The average molecular weight is 340 g/mol. The fourth-order valence-corrected chi connectivity index (χ4v) is 3.36. The predicted molar refractivity (Wildman–Crippen MR) is 92.9 cm³/mol. The molecule has 4 N–H and O–H groups in total. The van der Waals surface area contributed by atoms with Crippen molar-refractivity contribution in [2.75, 3.05) is 12.8 Å². The standard InChI is InChI=1S/C17H16N4O2S/c1-9-15(24-17(20)21-9)14-7-12(13(8-18)16(19)23-14)10-3-5-11(22-2)6-4-10/h3-7,12H,19H2,1-2H3,(H2,20,21). The highest BCUT2D eigenvalue weighted by atomic mass is 32.1. The summed E-state index contributed by atoms with van der Waals surface area (Å²) in [7, 11) is 1.61. The number of hydrogen-bond acceptors (Lipinski definition) is 7. The molecule has 0 bridgehead atoms. The van der Waals surface area contributed by atoms with Crippen LogP contribution in [0.2, 0.25) is 0 Å². The molecule has 2 heterocycles. The van der Waals surface area contributed by atoms with E-state index in [-0.39, 0.29) is 11.8 Å². The zero-order valence-electron chi connectivity index (χ0n) is 13.2. The van der Waals surface area contributed by atoms with Gasteiger partial charge in [0, 0.05) is 5.92 Å². The molecule has 7 heteroatoms. The summed E-state index contributed by atoms with van der Waals surface area (Å²) in [5.74, 6) is 1.12. The normalized spacial score (nSPS) is 17.0. The summed E-state index contributed by atoms with van der Waals surface area (Å²) in [4.78, 5) is 5.02. The molecule has 3 rings (SSSR count). The summed E-state index contributed by atoms with van der Waals surface area (Å²) in [5, 5.41) is 9.92. The summed E-state index contributed by atoms with van der Waals surface area (Å²) in [6.45, 7) is 1.86. The molecular weight excluding hydrogens is 324 g/mol. The largest absolute Gasteiger partial charge is 0.497 e. The number of ether oxygens (including phenoxy) is 2. The molecular formula is C17H16N4O2S. The van der Waals surface area contributed by atoms with Crippen LogP contribution < -0.4 is 16.2 Å². The molecule has 0 saturated carbocycles. The Balaban J connectivity index is 2.06. The molecule has 0 fully saturated rings. The molecule has 0 aliphatic carbocycles. The molecule has 0 amide bonds. The first kappa shape index (κ1) is 15.9. The van der Waals surface area contributed by atoms with Gasteiger partial charge in [0.15, 0.2) is 5.13 Å². The topological polar surface area (TPSA) is 107 Å². The summed E-state index contributed by atoms with van der Waals surface area (Å²) in [6, 6.07) is 9.64. The van der Waals surface area contributed by atoms with E-state index in [4.69, 9.17) is 20.9 Å². The van der Waals surface area contributed by atoms with Crippen molar-refractivity contribution in [1.82, 2.24) is 4.98 Å². The van der Waals surface area contributed by atoms with E-state index >= 15 is 0 Å². The second kappa shape index (κ2) is 6.26. The number of thiazole rings is 1. The third-order valence-electron chi connectivity index (χ3n) is 3.75. The van der Waals surface area contributed by atoms with Crippen LogP contribution in [0.4, 0.5) is 5.13 Å². The summed E-state index contributed by atoms with van der Waals surface area (Å²) < 4.78 is 10.8. The van der Waals surface area contributed by atoms with Gasteiger partial charge in [-0.1, -0.05) is 23.5 Å². The highest BCUT2D eigenvalue weighted by Crippen LogP contribution is 2.39. The van der Waals surface area contributed by atoms with E-state index in [2.05, 4.69) is 11.1 Å². The van der Waals surface area contributed by atoms with E-state index in [0.717, 1.165) is 21.9 Å². The SMILES string of the molecule is COc1ccc(C2C=C(c3sc(N)nc3C)OC(N)=C2C#N)cc1. The highest BCUT2D eigenvalue weighted by molar-refractivity contribution is 7.16. The molecule has 0 radical (unpaired) electrons. The lowest BCUT2D eigenvalue weighted by atomic mass is 9.89. The van der Waals surface area contributed by atoms with Crippen LogP contribution in [0.5, 0.6) is 5.75 Å². The number of aryl methyl sites for hydroxylation is 1. The van der Waals surface area contributed by atoms with Crippen molar-refractivity contribution < 1.29 is 9.47 Å². The van der Waals surface area contributed by atoms with Gasteiger partial charge in [0.2, 0.25) is 5.88 Å². The zero-order chi connectivity index (χ0) is 17.3. The molecule has 0 spiro atoms. The molecule has 122 valence electrons. The Morgan fingerprint density at radius 2 is 2.00 bits per heavy atom. The van der Waals surface area contributed by atoms with Crippen LogP contribution in [-0.2, 0) is 4.74 Å². The van der Waals surface area contributed by atoms with Gasteiger partial charge in [-0.25, -0.2) is 4.98 Å². The fraction of sp³-hybridized carbons (Fsp3) is 0.176. The van der Waals surface area contributed by atoms with Gasteiger partial charge in [0.1, 0.15) is 23.2 Å². The van der Waals surface area contributed by atoms with Gasteiger partial charge in [-0.2, -0.15) is 5.26 Å². The summed E-state index contributed by atoms with van der Waals surface area (Å²) >= 11 is 1.33. The Labute approximate surface area is 143 Å². The van der Waals surface area contributed by atoms with Crippen molar-refractivity contribution in [2.24, 2.45) is 5.73 Å². The van der Waals surface area contributed by atoms with E-state index in [0.29, 0.717) is 16.5 Å². The maximum atomic E-state index is 9.46. The van der Waals surface area contributed by atoms with E-state index in [1.165, 1.54) is 11.3 Å². The van der Waals surface area contributed by atoms with Crippen LogP contribution in [0.1, 0.15) is 22.1 Å². The molecule has 1 atom stereocenters. The molecule has 2 aromatic rings. The number of benzene rings is 1. The number of allylic oxidation sites excluding steroid dienone is 2. The molecule has 1 aliphatic rings. The van der Waals surface area contributed by atoms with Crippen LogP contribution in [0.3, 0.4) is 0 Å². The van der Waals surface area contributed by atoms with E-state index in [1.807, 2.05) is 37.3 Å². The number of nitriles is 1. The molecule has 6 nitrogen and oxygen atoms in total. The maximum absolute atomic E-state index is 9.46. The third-order valence-corrected chi connectivity index (χ3v) is 4.75. The summed E-state index contributed by atoms with van der Waals surface area (Å²) in [5.41, 5.74) is 13.8. The second-order valence-electron chi connectivity index (χ2n) is 5.24. The number of nitrogens with two attached hydrogens (primary N) is 2. The lowest BCUT2D eigenvalue weighted by Gasteiger charge is -2.22. The predicted octanol–water partition coefficient (Wildman–Crippen LogP) is 2.89. The minimum Gasteiger partial charge on any atom is -0.497 e. The third kappa shape index (κ3) is 2.79. The molecule has 1 aromatic heterocycles. The molecule has 1 unspecified atom stereocenters. The van der Waals surface area contributed by atoms with Crippen molar-refractivity contribution in [3.63, 3.8) is 0 Å². The van der Waals surface area contributed by atoms with Gasteiger partial charge in [0.05, 0.1) is 17.7 Å². The maximum Gasteiger partial charge on any atom is 0.205 e. The first-order chi connectivity index (χ1) is 11.5. The minimum atomic E-state index is -0.299. The lowest BCUT2D eigenvalue weighted by molar-refractivity contribution is 0.361. The zero-order valence-corrected chi connectivity index (χ0v) is 14.1. The van der Waals surface area contributed by atoms with Crippen LogP contribution in [0, 0.1) is 18.3 Å². The van der Waals surface area contributed by atoms with Crippen molar-refractivity contribution in [1.29, 1.82) is 5.26 Å². The van der Waals surface area contributed by atoms with Gasteiger partial charge >= 0.3 is 0 Å². The Kier molecular flexibility index (Phi) is 4.15. The van der Waals surface area contributed by atoms with Gasteiger partial charge in [-0.05, 0) is 30.7 Å². The van der Waals surface area contributed by atoms with Crippen molar-refractivity contribution >= 4 is 22.2 Å². The molecule has 1 aromatic carbocycles. The van der Waals surface area contributed by atoms with Crippen LogP contribution in [0.15, 0.2) is 41.8 Å². The van der Waals surface area contributed by atoms with Gasteiger partial charge in [-0.3, -0.25) is 0 Å². The number of rotatable bonds is 3. The Morgan fingerprint density at radius 1 is 1.29 bits per heavy atom. The van der Waals surface area contributed by atoms with E-state index in [9.17, 15) is 5.26 Å². The molecule has 1 aliphatic heterocycles. The molecule has 0 saturated heterocycles. The number of methoxy groups -OCH3 is 1. The van der Waals surface area contributed by atoms with Crippen molar-refractivity contribution in [3.05, 3.63) is 57.9 Å². The minimum absolute atomic E-state index is 0.0992. The quantitative estimate of drug-likeness (QED) is 0.889. The lowest BCUT2D eigenvalue weighted by Crippen LogP contribution is -2.16. The van der Waals surface area contributed by atoms with Crippen molar-refractivity contribution in [3.8, 4) is 11.8 Å². The number of hydrogen-bond donors (Lipinski definition) is 2. The number of anilines is 1. The number of nitrogen functional groups attached to an aromatic ring is 1.